The number of rotatable bonds is 3. The van der Waals surface area contributed by atoms with Crippen molar-refractivity contribution in [3.8, 4) is 5.75 Å². The maximum absolute atomic E-state index is 10.1. The molecule has 0 saturated heterocycles. The van der Waals surface area contributed by atoms with Gasteiger partial charge in [-0.15, -0.1) is 0 Å². The Morgan fingerprint density at radius 1 is 1.31 bits per heavy atom. The third-order valence-electron chi connectivity index (χ3n) is 2.49. The van der Waals surface area contributed by atoms with Crippen LogP contribution in [-0.2, 0) is 0 Å². The molecule has 0 fully saturated rings. The highest BCUT2D eigenvalue weighted by Gasteiger charge is 2.17. The quantitative estimate of drug-likeness (QED) is 0.861. The summed E-state index contributed by atoms with van der Waals surface area (Å²) >= 11 is 0. The van der Waals surface area contributed by atoms with E-state index in [2.05, 4.69) is 0 Å². The lowest BCUT2D eigenvalue weighted by Gasteiger charge is -2.13. The normalized spacial score (nSPS) is 12.4. The Morgan fingerprint density at radius 2 is 2.12 bits per heavy atom. The summed E-state index contributed by atoms with van der Waals surface area (Å²) in [6, 6.07) is 9.17. The van der Waals surface area contributed by atoms with Crippen LogP contribution < -0.4 is 4.74 Å². The molecule has 0 aliphatic carbocycles. The van der Waals surface area contributed by atoms with Crippen molar-refractivity contribution >= 4 is 0 Å². The van der Waals surface area contributed by atoms with Crippen LogP contribution in [0.25, 0.3) is 0 Å². The van der Waals surface area contributed by atoms with E-state index in [0.717, 1.165) is 11.1 Å². The van der Waals surface area contributed by atoms with Gasteiger partial charge in [-0.1, -0.05) is 11.6 Å². The lowest BCUT2D eigenvalue weighted by atomic mass is 10.0. The number of methoxy groups -OCH3 is 1. The van der Waals surface area contributed by atoms with Crippen molar-refractivity contribution in [2.45, 2.75) is 13.0 Å². The van der Waals surface area contributed by atoms with E-state index in [1.54, 1.807) is 25.5 Å². The number of aliphatic hydroxyl groups excluding tert-OH is 1. The van der Waals surface area contributed by atoms with E-state index in [9.17, 15) is 5.11 Å². The number of benzene rings is 1. The smallest absolute Gasteiger partial charge is 0.140 e. The number of aliphatic hydroxyl groups is 1. The summed E-state index contributed by atoms with van der Waals surface area (Å²) in [6.07, 6.45) is 0.755. The standard InChI is InChI=1S/C13H14O3/c1-9-5-6-11(15-2)10(8-9)13(14)12-4-3-7-16-12/h3-8,13-14H,1-2H3/t13-/m1/s1. The summed E-state index contributed by atoms with van der Waals surface area (Å²) in [4.78, 5) is 0. The summed E-state index contributed by atoms with van der Waals surface area (Å²) in [5, 5.41) is 10.1. The Bertz CT molecular complexity index is 460. The minimum Gasteiger partial charge on any atom is -0.496 e. The summed E-state index contributed by atoms with van der Waals surface area (Å²) in [7, 11) is 1.59. The van der Waals surface area contributed by atoms with Gasteiger partial charge in [-0.05, 0) is 31.2 Å². The van der Waals surface area contributed by atoms with Crippen molar-refractivity contribution in [3.63, 3.8) is 0 Å². The lowest BCUT2D eigenvalue weighted by molar-refractivity contribution is 0.185. The first-order valence-electron chi connectivity index (χ1n) is 5.08. The van der Waals surface area contributed by atoms with Crippen LogP contribution in [0.1, 0.15) is 23.0 Å². The molecule has 1 aromatic carbocycles. The van der Waals surface area contributed by atoms with Crippen molar-refractivity contribution in [3.05, 3.63) is 53.5 Å². The molecule has 84 valence electrons. The fraction of sp³-hybridized carbons (Fsp3) is 0.231. The molecule has 1 heterocycles. The minimum atomic E-state index is -0.787. The summed E-state index contributed by atoms with van der Waals surface area (Å²) in [5.74, 6) is 1.18. The van der Waals surface area contributed by atoms with Gasteiger partial charge in [-0.25, -0.2) is 0 Å². The van der Waals surface area contributed by atoms with Gasteiger partial charge in [0.1, 0.15) is 17.6 Å². The monoisotopic (exact) mass is 218 g/mol. The van der Waals surface area contributed by atoms with Crippen LogP contribution in [0, 0.1) is 6.92 Å². The molecule has 2 aromatic rings. The topological polar surface area (TPSA) is 42.6 Å². The van der Waals surface area contributed by atoms with Crippen LogP contribution in [-0.4, -0.2) is 12.2 Å². The van der Waals surface area contributed by atoms with Crippen LogP contribution in [0.2, 0.25) is 0 Å². The van der Waals surface area contributed by atoms with Crippen molar-refractivity contribution in [1.82, 2.24) is 0 Å². The molecule has 0 spiro atoms. The highest BCUT2D eigenvalue weighted by molar-refractivity contribution is 5.40. The molecule has 0 bridgehead atoms. The van der Waals surface area contributed by atoms with E-state index in [-0.39, 0.29) is 0 Å². The Morgan fingerprint density at radius 3 is 2.75 bits per heavy atom. The molecular weight excluding hydrogens is 204 g/mol. The lowest BCUT2D eigenvalue weighted by Crippen LogP contribution is -2.01. The van der Waals surface area contributed by atoms with E-state index < -0.39 is 6.10 Å². The van der Waals surface area contributed by atoms with E-state index in [4.69, 9.17) is 9.15 Å². The maximum atomic E-state index is 10.1. The zero-order chi connectivity index (χ0) is 11.5. The molecule has 0 aliphatic heterocycles. The second-order valence-corrected chi connectivity index (χ2v) is 3.66. The molecule has 0 amide bonds. The Labute approximate surface area is 94.3 Å². The molecule has 1 aromatic heterocycles. The molecule has 0 aliphatic rings. The van der Waals surface area contributed by atoms with Crippen LogP contribution in [0.15, 0.2) is 41.0 Å². The van der Waals surface area contributed by atoms with Crippen LogP contribution in [0.5, 0.6) is 5.75 Å². The van der Waals surface area contributed by atoms with Gasteiger partial charge < -0.3 is 14.3 Å². The average Bonchev–Trinajstić information content (AvgIpc) is 2.81. The summed E-state index contributed by atoms with van der Waals surface area (Å²) < 4.78 is 10.4. The van der Waals surface area contributed by atoms with Crippen molar-refractivity contribution in [2.24, 2.45) is 0 Å². The number of hydrogen-bond acceptors (Lipinski definition) is 3. The predicted octanol–water partition coefficient (Wildman–Crippen LogP) is 2.68. The van der Waals surface area contributed by atoms with E-state index in [1.165, 1.54) is 0 Å². The Kier molecular flexibility index (Phi) is 2.97. The minimum absolute atomic E-state index is 0.518. The summed E-state index contributed by atoms with van der Waals surface area (Å²) in [6.45, 7) is 1.97. The molecule has 1 N–H and O–H groups in total. The third-order valence-corrected chi connectivity index (χ3v) is 2.49. The molecule has 3 heteroatoms. The average molecular weight is 218 g/mol. The largest absolute Gasteiger partial charge is 0.496 e. The van der Waals surface area contributed by atoms with Crippen LogP contribution in [0.4, 0.5) is 0 Å². The SMILES string of the molecule is COc1ccc(C)cc1[C@@H](O)c1ccco1. The highest BCUT2D eigenvalue weighted by Crippen LogP contribution is 2.30. The number of ether oxygens (including phenoxy) is 1. The first kappa shape index (κ1) is 10.8. The first-order valence-corrected chi connectivity index (χ1v) is 5.08. The zero-order valence-electron chi connectivity index (χ0n) is 9.31. The van der Waals surface area contributed by atoms with Crippen LogP contribution in [0.3, 0.4) is 0 Å². The van der Waals surface area contributed by atoms with Gasteiger partial charge in [-0.3, -0.25) is 0 Å². The highest BCUT2D eigenvalue weighted by atomic mass is 16.5. The van der Waals surface area contributed by atoms with Gasteiger partial charge in [0, 0.05) is 5.56 Å². The molecule has 1 atom stereocenters. The Hall–Kier alpha value is -1.74. The molecule has 16 heavy (non-hydrogen) atoms. The number of hydrogen-bond donors (Lipinski definition) is 1. The van der Waals surface area contributed by atoms with Crippen molar-refractivity contribution in [1.29, 1.82) is 0 Å². The first-order chi connectivity index (χ1) is 7.72. The van der Waals surface area contributed by atoms with Gasteiger partial charge in [0.25, 0.3) is 0 Å². The zero-order valence-corrected chi connectivity index (χ0v) is 9.31. The van der Waals surface area contributed by atoms with Crippen molar-refractivity contribution in [2.75, 3.05) is 7.11 Å². The fourth-order valence-corrected chi connectivity index (χ4v) is 1.67. The number of aryl methyl sites for hydroxylation is 1. The molecule has 2 rings (SSSR count). The van der Waals surface area contributed by atoms with Gasteiger partial charge in [0.15, 0.2) is 0 Å². The molecule has 0 radical (unpaired) electrons. The molecule has 0 saturated carbocycles. The van der Waals surface area contributed by atoms with Crippen molar-refractivity contribution < 1.29 is 14.3 Å². The van der Waals surface area contributed by atoms with E-state index in [1.807, 2.05) is 25.1 Å². The van der Waals surface area contributed by atoms with Crippen LogP contribution >= 0.6 is 0 Å². The van der Waals surface area contributed by atoms with E-state index in [0.29, 0.717) is 11.5 Å². The van der Waals surface area contributed by atoms with Gasteiger partial charge in [0.2, 0.25) is 0 Å². The fourth-order valence-electron chi connectivity index (χ4n) is 1.67. The molecule has 0 unspecified atom stereocenters. The van der Waals surface area contributed by atoms with Gasteiger partial charge in [-0.2, -0.15) is 0 Å². The van der Waals surface area contributed by atoms with E-state index >= 15 is 0 Å². The second kappa shape index (κ2) is 4.41. The maximum Gasteiger partial charge on any atom is 0.140 e. The molecule has 3 nitrogen and oxygen atoms in total. The summed E-state index contributed by atoms with van der Waals surface area (Å²) in [5.41, 5.74) is 1.79. The van der Waals surface area contributed by atoms with Gasteiger partial charge >= 0.3 is 0 Å². The second-order valence-electron chi connectivity index (χ2n) is 3.66. The molecular formula is C13H14O3. The predicted molar refractivity (Wildman–Crippen MR) is 60.5 cm³/mol. The Balaban J connectivity index is 2.42. The van der Waals surface area contributed by atoms with Gasteiger partial charge in [0.05, 0.1) is 13.4 Å². The number of furan rings is 1. The third kappa shape index (κ3) is 1.95.